The van der Waals surface area contributed by atoms with Gasteiger partial charge < -0.3 is 15.1 Å². The van der Waals surface area contributed by atoms with Crippen LogP contribution in [-0.2, 0) is 7.05 Å². The van der Waals surface area contributed by atoms with Gasteiger partial charge in [-0.25, -0.2) is 0 Å². The molecule has 136 valence electrons. The predicted molar refractivity (Wildman–Crippen MR) is 101 cm³/mol. The van der Waals surface area contributed by atoms with Crippen LogP contribution in [0, 0.1) is 0 Å². The lowest BCUT2D eigenvalue weighted by atomic mass is 9.94. The lowest BCUT2D eigenvalue weighted by Gasteiger charge is -2.37. The minimum absolute atomic E-state index is 0.100. The monoisotopic (exact) mass is 371 g/mol. The van der Waals surface area contributed by atoms with E-state index in [2.05, 4.69) is 5.10 Å². The number of rotatable bonds is 3. The average molecular weight is 371 g/mol. The molecule has 4 rings (SSSR count). The van der Waals surface area contributed by atoms with E-state index >= 15 is 0 Å². The van der Waals surface area contributed by atoms with Crippen LogP contribution in [0.5, 0.6) is 0 Å². The number of benzene rings is 1. The number of aliphatic hydroxyl groups excluding tert-OH is 1. The minimum Gasteiger partial charge on any atom is -0.393 e. The second-order valence-corrected chi connectivity index (χ2v) is 7.91. The highest BCUT2D eigenvalue weighted by Gasteiger charge is 2.35. The molecular formula is C19H21N3O3S. The third kappa shape index (κ3) is 2.92. The molecule has 6 nitrogen and oxygen atoms in total. The maximum atomic E-state index is 12.9. The van der Waals surface area contributed by atoms with Crippen molar-refractivity contribution in [2.24, 2.45) is 7.05 Å². The summed E-state index contributed by atoms with van der Waals surface area (Å²) in [6, 6.07) is 11.8. The van der Waals surface area contributed by atoms with Gasteiger partial charge in [-0.1, -0.05) is 30.3 Å². The first-order chi connectivity index (χ1) is 12.5. The summed E-state index contributed by atoms with van der Waals surface area (Å²) in [4.78, 5) is 16.2. The molecule has 3 heterocycles. The Hall–Kier alpha value is -2.22. The Labute approximate surface area is 155 Å². The Morgan fingerprint density at radius 1 is 1.35 bits per heavy atom. The van der Waals surface area contributed by atoms with Crippen LogP contribution >= 0.6 is 11.3 Å². The summed E-state index contributed by atoms with van der Waals surface area (Å²) in [6.07, 6.45) is 1.20. The number of aromatic nitrogens is 2. The van der Waals surface area contributed by atoms with Crippen molar-refractivity contribution in [1.29, 1.82) is 0 Å². The highest BCUT2D eigenvalue weighted by molar-refractivity contribution is 7.20. The van der Waals surface area contributed by atoms with Gasteiger partial charge in [-0.15, -0.1) is 11.3 Å². The summed E-state index contributed by atoms with van der Waals surface area (Å²) >= 11 is 1.41. The minimum atomic E-state index is -1.19. The first-order valence-electron chi connectivity index (χ1n) is 8.65. The number of β-amino-alcohol motifs (C(OH)–C–C–N with tert-alkyl or cyclic N) is 1. The molecule has 1 fully saturated rings. The van der Waals surface area contributed by atoms with E-state index in [-0.39, 0.29) is 19.1 Å². The van der Waals surface area contributed by atoms with Crippen molar-refractivity contribution in [3.05, 3.63) is 41.3 Å². The average Bonchev–Trinajstić information content (AvgIpc) is 3.23. The van der Waals surface area contributed by atoms with Gasteiger partial charge in [0.25, 0.3) is 5.91 Å². The molecular weight excluding hydrogens is 350 g/mol. The molecule has 7 heteroatoms. The van der Waals surface area contributed by atoms with E-state index in [0.29, 0.717) is 24.3 Å². The number of aliphatic hydroxyl groups is 2. The van der Waals surface area contributed by atoms with Crippen molar-refractivity contribution in [1.82, 2.24) is 14.7 Å². The van der Waals surface area contributed by atoms with E-state index in [9.17, 15) is 15.0 Å². The van der Waals surface area contributed by atoms with Crippen molar-refractivity contribution in [2.75, 3.05) is 19.7 Å². The lowest BCUT2D eigenvalue weighted by molar-refractivity contribution is -0.0597. The summed E-state index contributed by atoms with van der Waals surface area (Å²) in [7, 11) is 1.88. The standard InChI is InChI=1S/C19H21N3O3S/c1-21-18-14(16(20-21)13-6-3-2-4-7-13)10-15(26-18)17(24)22-9-5-8-19(25,11-22)12-23/h2-4,6-7,10,23,25H,5,8-9,11-12H2,1H3. The molecule has 26 heavy (non-hydrogen) atoms. The smallest absolute Gasteiger partial charge is 0.264 e. The quantitative estimate of drug-likeness (QED) is 0.740. The van der Waals surface area contributed by atoms with Gasteiger partial charge in [-0.3, -0.25) is 9.48 Å². The van der Waals surface area contributed by atoms with Crippen molar-refractivity contribution in [3.63, 3.8) is 0 Å². The van der Waals surface area contributed by atoms with E-state index in [1.807, 2.05) is 43.4 Å². The maximum Gasteiger partial charge on any atom is 0.264 e. The van der Waals surface area contributed by atoms with Crippen LogP contribution in [0.4, 0.5) is 0 Å². The van der Waals surface area contributed by atoms with Crippen molar-refractivity contribution in [2.45, 2.75) is 18.4 Å². The number of piperidine rings is 1. The molecule has 0 spiro atoms. The van der Waals surface area contributed by atoms with Crippen LogP contribution in [0.2, 0.25) is 0 Å². The summed E-state index contributed by atoms with van der Waals surface area (Å²) in [5.74, 6) is -0.100. The molecule has 2 N–H and O–H groups in total. The van der Waals surface area contributed by atoms with Crippen LogP contribution in [0.15, 0.2) is 36.4 Å². The highest BCUT2D eigenvalue weighted by Crippen LogP contribution is 2.34. The largest absolute Gasteiger partial charge is 0.393 e. The number of likely N-dealkylation sites (tertiary alicyclic amines) is 1. The van der Waals surface area contributed by atoms with Gasteiger partial charge in [-0.05, 0) is 18.9 Å². The number of fused-ring (bicyclic) bond motifs is 1. The van der Waals surface area contributed by atoms with Gasteiger partial charge in [0.2, 0.25) is 0 Å². The number of thiophene rings is 1. The zero-order valence-electron chi connectivity index (χ0n) is 14.6. The summed E-state index contributed by atoms with van der Waals surface area (Å²) in [5, 5.41) is 25.3. The Balaban J connectivity index is 1.69. The van der Waals surface area contributed by atoms with Crippen LogP contribution < -0.4 is 0 Å². The highest BCUT2D eigenvalue weighted by atomic mass is 32.1. The second kappa shape index (κ2) is 6.50. The Morgan fingerprint density at radius 3 is 2.85 bits per heavy atom. The molecule has 1 aromatic carbocycles. The first-order valence-corrected chi connectivity index (χ1v) is 9.47. The van der Waals surface area contributed by atoms with E-state index in [4.69, 9.17) is 0 Å². The van der Waals surface area contributed by atoms with Gasteiger partial charge in [0.1, 0.15) is 16.1 Å². The molecule has 0 radical (unpaired) electrons. The van der Waals surface area contributed by atoms with Crippen molar-refractivity contribution >= 4 is 27.5 Å². The van der Waals surface area contributed by atoms with Crippen molar-refractivity contribution < 1.29 is 15.0 Å². The third-order valence-corrected chi connectivity index (χ3v) is 6.10. The van der Waals surface area contributed by atoms with E-state index in [0.717, 1.165) is 21.5 Å². The van der Waals surface area contributed by atoms with E-state index in [1.165, 1.54) is 11.3 Å². The van der Waals surface area contributed by atoms with Gasteiger partial charge >= 0.3 is 0 Å². The number of hydrogen-bond acceptors (Lipinski definition) is 5. The topological polar surface area (TPSA) is 78.6 Å². The summed E-state index contributed by atoms with van der Waals surface area (Å²) < 4.78 is 1.80. The Bertz CT molecular complexity index is 950. The third-order valence-electron chi connectivity index (χ3n) is 4.91. The second-order valence-electron chi connectivity index (χ2n) is 6.88. The molecule has 1 saturated heterocycles. The van der Waals surface area contributed by atoms with Crippen LogP contribution in [0.1, 0.15) is 22.5 Å². The zero-order chi connectivity index (χ0) is 18.3. The number of carbonyl (C=O) groups is 1. The van der Waals surface area contributed by atoms with Crippen LogP contribution in [0.3, 0.4) is 0 Å². The molecule has 2 aromatic heterocycles. The summed E-state index contributed by atoms with van der Waals surface area (Å²) in [5.41, 5.74) is 0.688. The van der Waals surface area contributed by atoms with Gasteiger partial charge in [0.15, 0.2) is 0 Å². The number of hydrogen-bond donors (Lipinski definition) is 2. The lowest BCUT2D eigenvalue weighted by Crippen LogP contribution is -2.52. The molecule has 0 bridgehead atoms. The molecule has 3 aromatic rings. The van der Waals surface area contributed by atoms with Gasteiger partial charge in [0, 0.05) is 24.5 Å². The van der Waals surface area contributed by atoms with E-state index < -0.39 is 5.60 Å². The number of amides is 1. The SMILES string of the molecule is Cn1nc(-c2ccccc2)c2cc(C(=O)N3CCCC(O)(CO)C3)sc21. The maximum absolute atomic E-state index is 12.9. The molecule has 1 atom stereocenters. The first kappa shape index (κ1) is 17.2. The molecule has 1 aliphatic rings. The zero-order valence-corrected chi connectivity index (χ0v) is 15.4. The summed E-state index contributed by atoms with van der Waals surface area (Å²) in [6.45, 7) is 0.435. The molecule has 1 aliphatic heterocycles. The number of nitrogens with zero attached hydrogens (tertiary/aromatic N) is 3. The normalized spacial score (nSPS) is 20.7. The Kier molecular flexibility index (Phi) is 4.30. The van der Waals surface area contributed by atoms with Crippen molar-refractivity contribution in [3.8, 4) is 11.3 Å². The van der Waals surface area contributed by atoms with Gasteiger partial charge in [-0.2, -0.15) is 5.10 Å². The predicted octanol–water partition coefficient (Wildman–Crippen LogP) is 2.26. The van der Waals surface area contributed by atoms with E-state index in [1.54, 1.807) is 9.58 Å². The number of aryl methyl sites for hydroxylation is 1. The molecule has 0 saturated carbocycles. The Morgan fingerprint density at radius 2 is 2.12 bits per heavy atom. The molecule has 1 unspecified atom stereocenters. The van der Waals surface area contributed by atoms with Crippen LogP contribution in [0.25, 0.3) is 21.5 Å². The fraction of sp³-hybridized carbons (Fsp3) is 0.368. The van der Waals surface area contributed by atoms with Crippen LogP contribution in [-0.4, -0.2) is 56.1 Å². The fourth-order valence-corrected chi connectivity index (χ4v) is 4.57. The molecule has 0 aliphatic carbocycles. The fourth-order valence-electron chi connectivity index (χ4n) is 3.53. The molecule has 1 amide bonds. The van der Waals surface area contributed by atoms with Gasteiger partial charge in [0.05, 0.1) is 18.0 Å². The number of carbonyl (C=O) groups excluding carboxylic acids is 1.